The fourth-order valence-electron chi connectivity index (χ4n) is 0.818. The van der Waals surface area contributed by atoms with Gasteiger partial charge in [0.1, 0.15) is 0 Å². The molecule has 0 saturated heterocycles. The van der Waals surface area contributed by atoms with Gasteiger partial charge in [0.25, 0.3) is 0 Å². The number of benzene rings is 1. The number of rotatable bonds is 2. The van der Waals surface area contributed by atoms with Crippen molar-refractivity contribution in [2.75, 3.05) is 0 Å². The van der Waals surface area contributed by atoms with Crippen LogP contribution in [0.4, 0.5) is 0 Å². The lowest BCUT2D eigenvalue weighted by atomic mass is 10.2. The standard InChI is InChI=1S/C9H9ClO2/c1-7(11)12-9(10)8-5-3-2-4-6-8/h2-6,9H,1H3. The van der Waals surface area contributed by atoms with Gasteiger partial charge in [-0.05, 0) is 0 Å². The zero-order chi connectivity index (χ0) is 8.97. The zero-order valence-corrected chi connectivity index (χ0v) is 7.41. The number of alkyl halides is 1. The number of hydrogen-bond donors (Lipinski definition) is 0. The summed E-state index contributed by atoms with van der Waals surface area (Å²) in [5.74, 6) is -0.376. The molecule has 1 atom stereocenters. The van der Waals surface area contributed by atoms with Crippen LogP contribution in [0.15, 0.2) is 30.3 Å². The molecule has 1 unspecified atom stereocenters. The van der Waals surface area contributed by atoms with Gasteiger partial charge in [-0.1, -0.05) is 41.9 Å². The highest BCUT2D eigenvalue weighted by atomic mass is 35.5. The molecule has 2 nitrogen and oxygen atoms in total. The number of halogens is 1. The van der Waals surface area contributed by atoms with Crippen LogP contribution in [0.1, 0.15) is 18.1 Å². The van der Waals surface area contributed by atoms with Gasteiger partial charge in [0.2, 0.25) is 5.56 Å². The summed E-state index contributed by atoms with van der Waals surface area (Å²) in [5.41, 5.74) is 0.109. The smallest absolute Gasteiger partial charge is 0.304 e. The summed E-state index contributed by atoms with van der Waals surface area (Å²) in [4.78, 5) is 10.5. The van der Waals surface area contributed by atoms with E-state index in [0.717, 1.165) is 5.56 Å². The minimum Gasteiger partial charge on any atom is -0.442 e. The van der Waals surface area contributed by atoms with E-state index in [9.17, 15) is 4.79 Å². The molecule has 12 heavy (non-hydrogen) atoms. The quantitative estimate of drug-likeness (QED) is 0.522. The van der Waals surface area contributed by atoms with E-state index in [4.69, 9.17) is 16.3 Å². The van der Waals surface area contributed by atoms with Gasteiger partial charge in [-0.25, -0.2) is 0 Å². The SMILES string of the molecule is CC(=O)OC(Cl)c1ccccc1. The second-order valence-electron chi connectivity index (χ2n) is 2.34. The molecule has 1 aromatic rings. The maximum atomic E-state index is 10.5. The Morgan fingerprint density at radius 2 is 2.00 bits per heavy atom. The molecule has 1 rings (SSSR count). The Morgan fingerprint density at radius 3 is 2.50 bits per heavy atom. The first-order valence-corrected chi connectivity index (χ1v) is 4.00. The molecule has 0 amide bonds. The Kier molecular flexibility index (Phi) is 3.11. The molecule has 64 valence electrons. The summed E-state index contributed by atoms with van der Waals surface area (Å²) in [5, 5.41) is 0. The van der Waals surface area contributed by atoms with Crippen molar-refractivity contribution in [3.8, 4) is 0 Å². The molecule has 0 aliphatic carbocycles. The van der Waals surface area contributed by atoms with E-state index in [-0.39, 0.29) is 5.97 Å². The highest BCUT2D eigenvalue weighted by Crippen LogP contribution is 2.20. The van der Waals surface area contributed by atoms with Crippen LogP contribution in [0.3, 0.4) is 0 Å². The van der Waals surface area contributed by atoms with Gasteiger partial charge >= 0.3 is 5.97 Å². The van der Waals surface area contributed by atoms with Crippen molar-refractivity contribution in [3.05, 3.63) is 35.9 Å². The maximum absolute atomic E-state index is 10.5. The van der Waals surface area contributed by atoms with Crippen molar-refractivity contribution in [2.24, 2.45) is 0 Å². The van der Waals surface area contributed by atoms with Crippen molar-refractivity contribution < 1.29 is 9.53 Å². The lowest BCUT2D eigenvalue weighted by Gasteiger charge is -2.08. The van der Waals surface area contributed by atoms with Gasteiger partial charge in [0.05, 0.1) is 0 Å². The summed E-state index contributed by atoms with van der Waals surface area (Å²) in [7, 11) is 0. The van der Waals surface area contributed by atoms with Crippen LogP contribution in [0.2, 0.25) is 0 Å². The Hall–Kier alpha value is -1.02. The largest absolute Gasteiger partial charge is 0.442 e. The highest BCUT2D eigenvalue weighted by molar-refractivity contribution is 6.20. The molecule has 0 aliphatic heterocycles. The third-order valence-corrected chi connectivity index (χ3v) is 1.67. The van der Waals surface area contributed by atoms with Crippen molar-refractivity contribution in [2.45, 2.75) is 12.5 Å². The van der Waals surface area contributed by atoms with Gasteiger partial charge in [0.15, 0.2) is 0 Å². The van der Waals surface area contributed by atoms with Crippen molar-refractivity contribution in [1.82, 2.24) is 0 Å². The molecule has 1 aromatic carbocycles. The molecule has 3 heteroatoms. The number of carbonyl (C=O) groups is 1. The minimum atomic E-state index is -0.677. The van der Waals surface area contributed by atoms with Gasteiger partial charge in [-0.15, -0.1) is 0 Å². The van der Waals surface area contributed by atoms with E-state index in [1.807, 2.05) is 18.2 Å². The van der Waals surface area contributed by atoms with Crippen molar-refractivity contribution in [1.29, 1.82) is 0 Å². The molecule has 0 aromatic heterocycles. The van der Waals surface area contributed by atoms with E-state index in [0.29, 0.717) is 0 Å². The van der Waals surface area contributed by atoms with E-state index >= 15 is 0 Å². The van der Waals surface area contributed by atoms with Crippen LogP contribution in [-0.2, 0) is 9.53 Å². The first kappa shape index (κ1) is 9.07. The molecular weight excluding hydrogens is 176 g/mol. The lowest BCUT2D eigenvalue weighted by Crippen LogP contribution is -2.02. The van der Waals surface area contributed by atoms with E-state index in [2.05, 4.69) is 0 Å². The summed E-state index contributed by atoms with van der Waals surface area (Å²) < 4.78 is 4.76. The minimum absolute atomic E-state index is 0.376. The third-order valence-electron chi connectivity index (χ3n) is 1.33. The lowest BCUT2D eigenvalue weighted by molar-refractivity contribution is -0.142. The second-order valence-corrected chi connectivity index (χ2v) is 2.73. The predicted molar refractivity (Wildman–Crippen MR) is 46.8 cm³/mol. The normalized spacial score (nSPS) is 12.2. The van der Waals surface area contributed by atoms with Crippen molar-refractivity contribution in [3.63, 3.8) is 0 Å². The highest BCUT2D eigenvalue weighted by Gasteiger charge is 2.08. The van der Waals surface area contributed by atoms with Gasteiger partial charge in [-0.2, -0.15) is 0 Å². The fourth-order valence-corrected chi connectivity index (χ4v) is 1.09. The topological polar surface area (TPSA) is 26.3 Å². The van der Waals surface area contributed by atoms with Crippen LogP contribution in [0, 0.1) is 0 Å². The summed E-state index contributed by atoms with van der Waals surface area (Å²) in [6.07, 6.45) is 0. The Labute approximate surface area is 76.1 Å². The molecular formula is C9H9ClO2. The summed E-state index contributed by atoms with van der Waals surface area (Å²) in [6, 6.07) is 9.17. The third kappa shape index (κ3) is 2.55. The summed E-state index contributed by atoms with van der Waals surface area (Å²) in [6.45, 7) is 1.33. The van der Waals surface area contributed by atoms with Crippen LogP contribution < -0.4 is 0 Å². The molecule has 0 N–H and O–H groups in total. The van der Waals surface area contributed by atoms with E-state index < -0.39 is 5.56 Å². The van der Waals surface area contributed by atoms with Gasteiger partial charge in [0, 0.05) is 12.5 Å². The van der Waals surface area contributed by atoms with Crippen molar-refractivity contribution >= 4 is 17.6 Å². The van der Waals surface area contributed by atoms with Crippen LogP contribution in [0.25, 0.3) is 0 Å². The fraction of sp³-hybridized carbons (Fsp3) is 0.222. The summed E-state index contributed by atoms with van der Waals surface area (Å²) >= 11 is 5.76. The Morgan fingerprint density at radius 1 is 1.42 bits per heavy atom. The zero-order valence-electron chi connectivity index (χ0n) is 6.66. The molecule has 0 saturated carbocycles. The molecule has 0 spiro atoms. The first-order chi connectivity index (χ1) is 5.70. The van der Waals surface area contributed by atoms with Crippen LogP contribution >= 0.6 is 11.6 Å². The van der Waals surface area contributed by atoms with Crippen LogP contribution in [0.5, 0.6) is 0 Å². The number of carbonyl (C=O) groups excluding carboxylic acids is 1. The van der Waals surface area contributed by atoms with Gasteiger partial charge < -0.3 is 4.74 Å². The first-order valence-electron chi connectivity index (χ1n) is 3.56. The predicted octanol–water partition coefficient (Wildman–Crippen LogP) is 2.49. The van der Waals surface area contributed by atoms with E-state index in [1.54, 1.807) is 12.1 Å². The Balaban J connectivity index is 2.65. The number of hydrogen-bond acceptors (Lipinski definition) is 2. The average Bonchev–Trinajstić information content (AvgIpc) is 2.05. The number of esters is 1. The molecule has 0 heterocycles. The molecule has 0 bridgehead atoms. The van der Waals surface area contributed by atoms with Crippen LogP contribution in [-0.4, -0.2) is 5.97 Å². The maximum Gasteiger partial charge on any atom is 0.304 e. The average molecular weight is 185 g/mol. The molecule has 0 aliphatic rings. The monoisotopic (exact) mass is 184 g/mol. The Bertz CT molecular complexity index is 258. The second kappa shape index (κ2) is 4.12. The molecule has 0 radical (unpaired) electrons. The molecule has 0 fully saturated rings. The van der Waals surface area contributed by atoms with Gasteiger partial charge in [-0.3, -0.25) is 4.79 Å². The van der Waals surface area contributed by atoms with E-state index in [1.165, 1.54) is 6.92 Å². The number of ether oxygens (including phenoxy) is 1.